The van der Waals surface area contributed by atoms with E-state index in [-0.39, 0.29) is 12.4 Å². The summed E-state index contributed by atoms with van der Waals surface area (Å²) < 4.78 is 16.5. The number of hydrogen-bond donors (Lipinski definition) is 1. The van der Waals surface area contributed by atoms with Crippen molar-refractivity contribution in [2.75, 3.05) is 13.2 Å². The molecule has 1 N–H and O–H groups in total. The van der Waals surface area contributed by atoms with Gasteiger partial charge in [0.05, 0.1) is 19.4 Å². The zero-order valence-corrected chi connectivity index (χ0v) is 13.5. The SMILES string of the molecule is C=CCOc1ccc(CNCc2ccco2)cc1OCC.Cl. The minimum Gasteiger partial charge on any atom is -0.490 e. The summed E-state index contributed by atoms with van der Waals surface area (Å²) in [5, 5.41) is 3.33. The Morgan fingerprint density at radius 2 is 2.05 bits per heavy atom. The third-order valence-electron chi connectivity index (χ3n) is 2.87. The van der Waals surface area contributed by atoms with E-state index in [0.717, 1.165) is 29.4 Å². The summed E-state index contributed by atoms with van der Waals surface area (Å²) in [6.45, 7) is 8.12. The van der Waals surface area contributed by atoms with Gasteiger partial charge in [-0.25, -0.2) is 0 Å². The molecule has 0 saturated heterocycles. The van der Waals surface area contributed by atoms with Crippen LogP contribution in [-0.2, 0) is 13.1 Å². The van der Waals surface area contributed by atoms with Crippen molar-refractivity contribution in [1.29, 1.82) is 0 Å². The molecule has 0 unspecified atom stereocenters. The van der Waals surface area contributed by atoms with Gasteiger partial charge in [0.15, 0.2) is 11.5 Å². The molecule has 4 nitrogen and oxygen atoms in total. The Balaban J connectivity index is 0.00000242. The Hall–Kier alpha value is -1.91. The van der Waals surface area contributed by atoms with Crippen LogP contribution < -0.4 is 14.8 Å². The van der Waals surface area contributed by atoms with Gasteiger partial charge >= 0.3 is 0 Å². The predicted molar refractivity (Wildman–Crippen MR) is 89.8 cm³/mol. The van der Waals surface area contributed by atoms with Crippen LogP contribution >= 0.6 is 12.4 Å². The Kier molecular flexibility index (Phi) is 8.18. The molecule has 0 spiro atoms. The van der Waals surface area contributed by atoms with Crippen LogP contribution in [0.15, 0.2) is 53.7 Å². The lowest BCUT2D eigenvalue weighted by Crippen LogP contribution is -2.12. The molecule has 22 heavy (non-hydrogen) atoms. The van der Waals surface area contributed by atoms with Crippen LogP contribution in [0.5, 0.6) is 11.5 Å². The van der Waals surface area contributed by atoms with Gasteiger partial charge in [0.2, 0.25) is 0 Å². The first-order chi connectivity index (χ1) is 10.3. The molecule has 0 fully saturated rings. The first-order valence-electron chi connectivity index (χ1n) is 7.06. The number of halogens is 1. The smallest absolute Gasteiger partial charge is 0.161 e. The summed E-state index contributed by atoms with van der Waals surface area (Å²) in [5.74, 6) is 2.43. The zero-order valence-electron chi connectivity index (χ0n) is 12.7. The number of ether oxygens (including phenoxy) is 2. The van der Waals surface area contributed by atoms with Crippen molar-refractivity contribution in [2.24, 2.45) is 0 Å². The summed E-state index contributed by atoms with van der Waals surface area (Å²) in [4.78, 5) is 0. The molecule has 0 aliphatic heterocycles. The Bertz CT molecular complexity index is 555. The van der Waals surface area contributed by atoms with Gasteiger partial charge in [0.25, 0.3) is 0 Å². The summed E-state index contributed by atoms with van der Waals surface area (Å²) in [5.41, 5.74) is 1.14. The van der Waals surface area contributed by atoms with Gasteiger partial charge in [-0.3, -0.25) is 0 Å². The molecule has 0 saturated carbocycles. The average molecular weight is 324 g/mol. The monoisotopic (exact) mass is 323 g/mol. The van der Waals surface area contributed by atoms with Gasteiger partial charge in [0.1, 0.15) is 12.4 Å². The summed E-state index contributed by atoms with van der Waals surface area (Å²) in [6.07, 6.45) is 3.39. The Morgan fingerprint density at radius 1 is 1.18 bits per heavy atom. The van der Waals surface area contributed by atoms with Gasteiger partial charge in [-0.2, -0.15) is 0 Å². The van der Waals surface area contributed by atoms with Gasteiger partial charge in [-0.15, -0.1) is 12.4 Å². The maximum atomic E-state index is 5.62. The van der Waals surface area contributed by atoms with E-state index in [1.54, 1.807) is 12.3 Å². The first-order valence-corrected chi connectivity index (χ1v) is 7.06. The van der Waals surface area contributed by atoms with Crippen LogP contribution in [0, 0.1) is 0 Å². The van der Waals surface area contributed by atoms with E-state index in [0.29, 0.717) is 19.8 Å². The van der Waals surface area contributed by atoms with E-state index in [9.17, 15) is 0 Å². The molecule has 0 atom stereocenters. The lowest BCUT2D eigenvalue weighted by molar-refractivity contribution is 0.296. The molecular weight excluding hydrogens is 302 g/mol. The van der Waals surface area contributed by atoms with Crippen LogP contribution in [0.4, 0.5) is 0 Å². The second-order valence-corrected chi connectivity index (χ2v) is 4.50. The fourth-order valence-electron chi connectivity index (χ4n) is 1.94. The van der Waals surface area contributed by atoms with E-state index in [4.69, 9.17) is 13.9 Å². The van der Waals surface area contributed by atoms with E-state index < -0.39 is 0 Å². The quantitative estimate of drug-likeness (QED) is 0.709. The Morgan fingerprint density at radius 3 is 2.73 bits per heavy atom. The maximum Gasteiger partial charge on any atom is 0.161 e. The van der Waals surface area contributed by atoms with Gasteiger partial charge in [0, 0.05) is 6.54 Å². The number of hydrogen-bond acceptors (Lipinski definition) is 4. The van der Waals surface area contributed by atoms with Crippen LogP contribution in [0.25, 0.3) is 0 Å². The van der Waals surface area contributed by atoms with E-state index in [1.807, 2.05) is 37.3 Å². The summed E-state index contributed by atoms with van der Waals surface area (Å²) >= 11 is 0. The van der Waals surface area contributed by atoms with Crippen molar-refractivity contribution in [3.05, 3.63) is 60.6 Å². The van der Waals surface area contributed by atoms with Crippen molar-refractivity contribution in [1.82, 2.24) is 5.32 Å². The molecule has 1 aromatic carbocycles. The average Bonchev–Trinajstić information content (AvgIpc) is 3.00. The molecule has 120 valence electrons. The highest BCUT2D eigenvalue weighted by molar-refractivity contribution is 5.85. The molecule has 0 aliphatic rings. The lowest BCUT2D eigenvalue weighted by atomic mass is 10.2. The fourth-order valence-corrected chi connectivity index (χ4v) is 1.94. The van der Waals surface area contributed by atoms with Crippen LogP contribution in [0.2, 0.25) is 0 Å². The zero-order chi connectivity index (χ0) is 14.9. The van der Waals surface area contributed by atoms with Crippen molar-refractivity contribution in [2.45, 2.75) is 20.0 Å². The molecule has 0 radical (unpaired) electrons. The molecule has 5 heteroatoms. The maximum absolute atomic E-state index is 5.62. The number of furan rings is 1. The fraction of sp³-hybridized carbons (Fsp3) is 0.294. The first kappa shape index (κ1) is 18.1. The normalized spacial score (nSPS) is 9.86. The third kappa shape index (κ3) is 5.47. The largest absolute Gasteiger partial charge is 0.490 e. The molecule has 1 aromatic heterocycles. The van der Waals surface area contributed by atoms with Gasteiger partial charge < -0.3 is 19.2 Å². The molecule has 2 rings (SSSR count). The van der Waals surface area contributed by atoms with Gasteiger partial charge in [-0.05, 0) is 36.8 Å². The molecule has 0 bridgehead atoms. The van der Waals surface area contributed by atoms with Gasteiger partial charge in [-0.1, -0.05) is 18.7 Å². The van der Waals surface area contributed by atoms with Crippen molar-refractivity contribution in [3.8, 4) is 11.5 Å². The van der Waals surface area contributed by atoms with Crippen LogP contribution in [-0.4, -0.2) is 13.2 Å². The predicted octanol–water partition coefficient (Wildman–Crippen LogP) is 3.95. The highest BCUT2D eigenvalue weighted by atomic mass is 35.5. The molecule has 1 heterocycles. The number of nitrogens with one attached hydrogen (secondary N) is 1. The van der Waals surface area contributed by atoms with E-state index in [2.05, 4.69) is 11.9 Å². The number of rotatable bonds is 9. The third-order valence-corrected chi connectivity index (χ3v) is 2.87. The second-order valence-electron chi connectivity index (χ2n) is 4.50. The van der Waals surface area contributed by atoms with E-state index >= 15 is 0 Å². The van der Waals surface area contributed by atoms with Crippen LogP contribution in [0.1, 0.15) is 18.2 Å². The highest BCUT2D eigenvalue weighted by Crippen LogP contribution is 2.28. The summed E-state index contributed by atoms with van der Waals surface area (Å²) in [6, 6.07) is 9.78. The lowest BCUT2D eigenvalue weighted by Gasteiger charge is -2.12. The molecule has 0 amide bonds. The minimum atomic E-state index is 0. The molecular formula is C17H22ClNO3. The molecule has 0 aliphatic carbocycles. The van der Waals surface area contributed by atoms with Crippen molar-refractivity contribution < 1.29 is 13.9 Å². The highest BCUT2D eigenvalue weighted by Gasteiger charge is 2.06. The van der Waals surface area contributed by atoms with Crippen molar-refractivity contribution in [3.63, 3.8) is 0 Å². The second kappa shape index (κ2) is 9.92. The standard InChI is InChI=1S/C17H21NO3.ClH/c1-3-9-21-16-8-7-14(11-17(16)19-4-2)12-18-13-15-6-5-10-20-15;/h3,5-8,10-11,18H,1,4,9,12-13H2,2H3;1H. The van der Waals surface area contributed by atoms with Crippen molar-refractivity contribution >= 4 is 12.4 Å². The Labute approximate surface area is 137 Å². The minimum absolute atomic E-state index is 0. The summed E-state index contributed by atoms with van der Waals surface area (Å²) in [7, 11) is 0. The molecule has 2 aromatic rings. The van der Waals surface area contributed by atoms with Crippen LogP contribution in [0.3, 0.4) is 0 Å². The number of benzene rings is 1. The van der Waals surface area contributed by atoms with E-state index in [1.165, 1.54) is 0 Å². The topological polar surface area (TPSA) is 43.6 Å².